The second kappa shape index (κ2) is 6.18. The minimum absolute atomic E-state index is 0.577. The smallest absolute Gasteiger partial charge is 0.0178 e. The zero-order valence-corrected chi connectivity index (χ0v) is 13.1. The summed E-state index contributed by atoms with van der Waals surface area (Å²) in [6.45, 7) is 3.38. The Morgan fingerprint density at radius 2 is 2.11 bits per heavy atom. The molecule has 1 aliphatic carbocycles. The number of hydrogen-bond donors (Lipinski definition) is 1. The summed E-state index contributed by atoms with van der Waals surface area (Å²) < 4.78 is 1.19. The van der Waals surface area contributed by atoms with Crippen molar-refractivity contribution in [2.75, 3.05) is 20.6 Å². The summed E-state index contributed by atoms with van der Waals surface area (Å²) in [5.74, 6) is 0.742. The molecule has 3 heteroatoms. The molecule has 0 amide bonds. The van der Waals surface area contributed by atoms with E-state index in [1.54, 1.807) is 0 Å². The van der Waals surface area contributed by atoms with Gasteiger partial charge >= 0.3 is 0 Å². The lowest BCUT2D eigenvalue weighted by Gasteiger charge is -2.38. The molecule has 18 heavy (non-hydrogen) atoms. The van der Waals surface area contributed by atoms with E-state index in [9.17, 15) is 0 Å². The Hall–Kier alpha value is -0.380. The van der Waals surface area contributed by atoms with Gasteiger partial charge in [0.05, 0.1) is 0 Å². The monoisotopic (exact) mass is 310 g/mol. The second-order valence-electron chi connectivity index (χ2n) is 5.75. The van der Waals surface area contributed by atoms with Gasteiger partial charge in [-0.3, -0.25) is 0 Å². The minimum Gasteiger partial charge on any atom is -0.310 e. The first-order chi connectivity index (χ1) is 8.54. The summed E-state index contributed by atoms with van der Waals surface area (Å²) in [4.78, 5) is 2.24. The molecule has 1 N–H and O–H groups in total. The van der Waals surface area contributed by atoms with Crippen LogP contribution in [0.15, 0.2) is 28.7 Å². The van der Waals surface area contributed by atoms with Crippen LogP contribution in [0.1, 0.15) is 31.2 Å². The molecule has 2 rings (SSSR count). The van der Waals surface area contributed by atoms with Crippen LogP contribution in [0.2, 0.25) is 0 Å². The highest BCUT2D eigenvalue weighted by molar-refractivity contribution is 9.10. The standard InChI is InChI=1S/C15H23BrN2/c1-11(10-18(2)3)17-15-8-13(9-15)12-5-4-6-14(16)7-12/h4-7,11,13,15,17H,8-10H2,1-3H3. The molecule has 1 aromatic rings. The molecule has 100 valence electrons. The van der Waals surface area contributed by atoms with Gasteiger partial charge in [0.15, 0.2) is 0 Å². The first-order valence-corrected chi connectivity index (χ1v) is 7.50. The average Bonchev–Trinajstić information content (AvgIpc) is 2.21. The number of benzene rings is 1. The average molecular weight is 311 g/mol. The molecule has 1 fully saturated rings. The predicted octanol–water partition coefficient (Wildman–Crippen LogP) is 3.23. The van der Waals surface area contributed by atoms with Crippen LogP contribution in [0.25, 0.3) is 0 Å². The third kappa shape index (κ3) is 3.81. The largest absolute Gasteiger partial charge is 0.310 e. The van der Waals surface area contributed by atoms with E-state index in [1.807, 2.05) is 0 Å². The zero-order chi connectivity index (χ0) is 13.1. The summed E-state index contributed by atoms with van der Waals surface area (Å²) in [5, 5.41) is 3.71. The lowest BCUT2D eigenvalue weighted by atomic mass is 9.75. The molecule has 1 atom stereocenters. The van der Waals surface area contributed by atoms with Gasteiger partial charge in [0, 0.05) is 23.1 Å². The second-order valence-corrected chi connectivity index (χ2v) is 6.67. The van der Waals surface area contributed by atoms with Crippen LogP contribution in [0.4, 0.5) is 0 Å². The van der Waals surface area contributed by atoms with Gasteiger partial charge in [0.25, 0.3) is 0 Å². The Morgan fingerprint density at radius 3 is 2.72 bits per heavy atom. The van der Waals surface area contributed by atoms with Crippen LogP contribution in [0.5, 0.6) is 0 Å². The van der Waals surface area contributed by atoms with Crippen molar-refractivity contribution in [1.29, 1.82) is 0 Å². The van der Waals surface area contributed by atoms with Crippen molar-refractivity contribution in [3.8, 4) is 0 Å². The topological polar surface area (TPSA) is 15.3 Å². The molecule has 0 saturated heterocycles. The highest BCUT2D eigenvalue weighted by atomic mass is 79.9. The van der Waals surface area contributed by atoms with Gasteiger partial charge in [0.2, 0.25) is 0 Å². The first-order valence-electron chi connectivity index (χ1n) is 6.71. The summed E-state index contributed by atoms with van der Waals surface area (Å²) >= 11 is 3.55. The zero-order valence-electron chi connectivity index (χ0n) is 11.5. The van der Waals surface area contributed by atoms with E-state index in [4.69, 9.17) is 0 Å². The van der Waals surface area contributed by atoms with E-state index in [-0.39, 0.29) is 0 Å². The summed E-state index contributed by atoms with van der Waals surface area (Å²) in [6.07, 6.45) is 2.54. The number of hydrogen-bond acceptors (Lipinski definition) is 2. The SMILES string of the molecule is CC(CN(C)C)NC1CC(c2cccc(Br)c2)C1. The van der Waals surface area contributed by atoms with E-state index in [0.717, 1.165) is 12.5 Å². The van der Waals surface area contributed by atoms with E-state index in [0.29, 0.717) is 12.1 Å². The van der Waals surface area contributed by atoms with E-state index in [2.05, 4.69) is 71.4 Å². The van der Waals surface area contributed by atoms with Crippen molar-refractivity contribution in [1.82, 2.24) is 10.2 Å². The number of rotatable bonds is 5. The first kappa shape index (κ1) is 14.0. The van der Waals surface area contributed by atoms with Crippen LogP contribution in [-0.4, -0.2) is 37.6 Å². The maximum atomic E-state index is 3.71. The molecule has 0 radical (unpaired) electrons. The Morgan fingerprint density at radius 1 is 1.39 bits per heavy atom. The summed E-state index contributed by atoms with van der Waals surface area (Å²) in [5.41, 5.74) is 1.47. The third-order valence-electron chi connectivity index (χ3n) is 3.62. The van der Waals surface area contributed by atoms with Gasteiger partial charge in [-0.2, -0.15) is 0 Å². The molecule has 0 bridgehead atoms. The Kier molecular flexibility index (Phi) is 4.82. The number of nitrogens with zero attached hydrogens (tertiary/aromatic N) is 1. The predicted molar refractivity (Wildman–Crippen MR) is 81.1 cm³/mol. The highest BCUT2D eigenvalue weighted by Crippen LogP contribution is 2.37. The van der Waals surface area contributed by atoms with Crippen LogP contribution < -0.4 is 5.32 Å². The van der Waals surface area contributed by atoms with Gasteiger partial charge in [-0.1, -0.05) is 28.1 Å². The van der Waals surface area contributed by atoms with E-state index >= 15 is 0 Å². The molecular weight excluding hydrogens is 288 g/mol. The molecule has 0 spiro atoms. The molecule has 0 heterocycles. The normalized spacial score (nSPS) is 24.9. The van der Waals surface area contributed by atoms with Gasteiger partial charge in [-0.05, 0) is 57.5 Å². The summed E-state index contributed by atoms with van der Waals surface area (Å²) in [6, 6.07) is 10.0. The molecule has 1 saturated carbocycles. The van der Waals surface area contributed by atoms with Gasteiger partial charge in [0.1, 0.15) is 0 Å². The fourth-order valence-electron chi connectivity index (χ4n) is 2.79. The van der Waals surface area contributed by atoms with Crippen LogP contribution in [-0.2, 0) is 0 Å². The van der Waals surface area contributed by atoms with Gasteiger partial charge < -0.3 is 10.2 Å². The van der Waals surface area contributed by atoms with Crippen LogP contribution in [0.3, 0.4) is 0 Å². The fraction of sp³-hybridized carbons (Fsp3) is 0.600. The summed E-state index contributed by atoms with van der Waals surface area (Å²) in [7, 11) is 4.26. The van der Waals surface area contributed by atoms with Crippen LogP contribution in [0, 0.1) is 0 Å². The number of likely N-dealkylation sites (N-methyl/N-ethyl adjacent to an activating group) is 1. The molecule has 1 aliphatic rings. The van der Waals surface area contributed by atoms with Crippen molar-refractivity contribution >= 4 is 15.9 Å². The lowest BCUT2D eigenvalue weighted by Crippen LogP contribution is -2.47. The van der Waals surface area contributed by atoms with Crippen molar-refractivity contribution in [3.63, 3.8) is 0 Å². The van der Waals surface area contributed by atoms with Crippen molar-refractivity contribution in [2.24, 2.45) is 0 Å². The van der Waals surface area contributed by atoms with E-state index in [1.165, 1.54) is 22.9 Å². The molecule has 1 aromatic carbocycles. The Balaban J connectivity index is 1.77. The fourth-order valence-corrected chi connectivity index (χ4v) is 3.21. The van der Waals surface area contributed by atoms with Crippen molar-refractivity contribution in [2.45, 2.75) is 37.8 Å². The number of halogens is 1. The highest BCUT2D eigenvalue weighted by Gasteiger charge is 2.30. The maximum Gasteiger partial charge on any atom is 0.0178 e. The van der Waals surface area contributed by atoms with Crippen LogP contribution >= 0.6 is 15.9 Å². The quantitative estimate of drug-likeness (QED) is 0.898. The molecular formula is C15H23BrN2. The van der Waals surface area contributed by atoms with Gasteiger partial charge in [-0.15, -0.1) is 0 Å². The van der Waals surface area contributed by atoms with Gasteiger partial charge in [-0.25, -0.2) is 0 Å². The van der Waals surface area contributed by atoms with Crippen molar-refractivity contribution in [3.05, 3.63) is 34.3 Å². The molecule has 2 nitrogen and oxygen atoms in total. The Labute approximate surface area is 119 Å². The van der Waals surface area contributed by atoms with Crippen molar-refractivity contribution < 1.29 is 0 Å². The third-order valence-corrected chi connectivity index (χ3v) is 4.11. The maximum absolute atomic E-state index is 3.71. The lowest BCUT2D eigenvalue weighted by molar-refractivity contribution is 0.245. The number of nitrogens with one attached hydrogen (secondary N) is 1. The molecule has 1 unspecified atom stereocenters. The minimum atomic E-state index is 0.577. The van der Waals surface area contributed by atoms with E-state index < -0.39 is 0 Å². The Bertz CT molecular complexity index is 386. The molecule has 0 aromatic heterocycles. The molecule has 0 aliphatic heterocycles.